The largest absolute Gasteiger partial charge is 0.485 e. The number of benzene rings is 2. The van der Waals surface area contributed by atoms with Crippen molar-refractivity contribution in [3.63, 3.8) is 0 Å². The fraction of sp³-hybridized carbons (Fsp3) is 0.360. The molecule has 2 unspecified atom stereocenters. The number of halogens is 5. The Hall–Kier alpha value is -4.03. The normalized spacial score (nSPS) is 19.3. The van der Waals surface area contributed by atoms with Crippen molar-refractivity contribution in [1.29, 1.82) is 0 Å². The van der Waals surface area contributed by atoms with Crippen molar-refractivity contribution in [1.82, 2.24) is 5.32 Å². The first-order valence-electron chi connectivity index (χ1n) is 11.5. The minimum Gasteiger partial charge on any atom is -0.485 e. The molecule has 0 saturated carbocycles. The van der Waals surface area contributed by atoms with E-state index < -0.39 is 74.4 Å². The standard InChI is InChI=1S/C25H22F5N3O5/c26-24(27)12-33-20-16(7-4-8-17(20)38-13-24)19(14-5-2-1-3-6-14)31-21(23(33)37)32-22(36)15(11-18(34)35)9-10-25(28,29)30/h1-8,15,21H,9-13H2,(H,32,36)(H,34,35). The summed E-state index contributed by atoms with van der Waals surface area (Å²) in [7, 11) is 0. The van der Waals surface area contributed by atoms with Crippen LogP contribution in [0.5, 0.6) is 5.75 Å². The fourth-order valence-corrected chi connectivity index (χ4v) is 4.28. The molecule has 0 radical (unpaired) electrons. The monoisotopic (exact) mass is 539 g/mol. The van der Waals surface area contributed by atoms with Crippen molar-refractivity contribution in [2.75, 3.05) is 18.1 Å². The van der Waals surface area contributed by atoms with E-state index in [-0.39, 0.29) is 22.7 Å². The molecule has 0 aromatic heterocycles. The molecular formula is C25H22F5N3O5. The van der Waals surface area contributed by atoms with Crippen molar-refractivity contribution in [2.24, 2.45) is 10.9 Å². The number of carboxylic acid groups (broad SMARTS) is 1. The van der Waals surface area contributed by atoms with Gasteiger partial charge in [-0.25, -0.2) is 13.8 Å². The van der Waals surface area contributed by atoms with Gasteiger partial charge in [0.15, 0.2) is 6.61 Å². The lowest BCUT2D eigenvalue weighted by atomic mass is 9.98. The van der Waals surface area contributed by atoms with Crippen LogP contribution in [0.3, 0.4) is 0 Å². The number of aliphatic carboxylic acids is 1. The third-order valence-electron chi connectivity index (χ3n) is 6.00. The molecule has 4 rings (SSSR count). The van der Waals surface area contributed by atoms with Gasteiger partial charge in [-0.15, -0.1) is 0 Å². The van der Waals surface area contributed by atoms with Crippen molar-refractivity contribution in [3.05, 3.63) is 59.7 Å². The zero-order valence-corrected chi connectivity index (χ0v) is 19.7. The third-order valence-corrected chi connectivity index (χ3v) is 6.00. The highest BCUT2D eigenvalue weighted by Crippen LogP contribution is 2.40. The first-order valence-corrected chi connectivity index (χ1v) is 11.5. The van der Waals surface area contributed by atoms with Gasteiger partial charge < -0.3 is 15.2 Å². The van der Waals surface area contributed by atoms with Gasteiger partial charge in [-0.2, -0.15) is 13.2 Å². The summed E-state index contributed by atoms with van der Waals surface area (Å²) in [6, 6.07) is 12.8. The maximum atomic E-state index is 14.6. The van der Waals surface area contributed by atoms with Crippen molar-refractivity contribution in [3.8, 4) is 5.75 Å². The van der Waals surface area contributed by atoms with Gasteiger partial charge in [0.1, 0.15) is 5.75 Å². The van der Waals surface area contributed by atoms with E-state index >= 15 is 0 Å². The van der Waals surface area contributed by atoms with Gasteiger partial charge >= 0.3 is 12.1 Å². The molecule has 2 aromatic carbocycles. The smallest absolute Gasteiger partial charge is 0.389 e. The van der Waals surface area contributed by atoms with E-state index in [0.29, 0.717) is 5.56 Å². The Kier molecular flexibility index (Phi) is 7.38. The van der Waals surface area contributed by atoms with E-state index in [1.807, 2.05) is 0 Å². The van der Waals surface area contributed by atoms with Crippen LogP contribution in [0.15, 0.2) is 53.5 Å². The zero-order valence-electron chi connectivity index (χ0n) is 19.7. The number of aliphatic imine (C=N–C) groups is 1. The minimum absolute atomic E-state index is 0.00758. The number of carboxylic acids is 1. The summed E-state index contributed by atoms with van der Waals surface area (Å²) in [5, 5.41) is 11.3. The number of rotatable bonds is 7. The maximum absolute atomic E-state index is 14.6. The van der Waals surface area contributed by atoms with Crippen molar-refractivity contribution >= 4 is 29.2 Å². The molecule has 38 heavy (non-hydrogen) atoms. The molecule has 0 bridgehead atoms. The summed E-state index contributed by atoms with van der Waals surface area (Å²) in [6.07, 6.45) is -9.69. The van der Waals surface area contributed by atoms with Crippen LogP contribution in [0.1, 0.15) is 30.4 Å². The summed E-state index contributed by atoms with van der Waals surface area (Å²) in [5.41, 5.74) is 0.872. The first-order chi connectivity index (χ1) is 17.8. The topological polar surface area (TPSA) is 108 Å². The lowest BCUT2D eigenvalue weighted by Gasteiger charge is -2.27. The molecule has 0 aliphatic carbocycles. The van der Waals surface area contributed by atoms with Gasteiger partial charge in [0.25, 0.3) is 11.8 Å². The minimum atomic E-state index is -4.65. The average Bonchev–Trinajstić information content (AvgIpc) is 3.05. The molecule has 8 nitrogen and oxygen atoms in total. The maximum Gasteiger partial charge on any atom is 0.389 e. The van der Waals surface area contributed by atoms with E-state index in [1.165, 1.54) is 12.1 Å². The van der Waals surface area contributed by atoms with Crippen molar-refractivity contribution < 1.29 is 46.2 Å². The van der Waals surface area contributed by atoms with Gasteiger partial charge in [-0.05, 0) is 12.5 Å². The summed E-state index contributed by atoms with van der Waals surface area (Å²) in [4.78, 5) is 42.8. The predicted molar refractivity (Wildman–Crippen MR) is 124 cm³/mol. The van der Waals surface area contributed by atoms with Gasteiger partial charge in [-0.1, -0.05) is 42.5 Å². The van der Waals surface area contributed by atoms with E-state index in [4.69, 9.17) is 9.84 Å². The van der Waals surface area contributed by atoms with E-state index in [9.17, 15) is 36.3 Å². The Morgan fingerprint density at radius 1 is 1.16 bits per heavy atom. The van der Waals surface area contributed by atoms with Gasteiger partial charge in [-0.3, -0.25) is 19.3 Å². The number of hydrogen-bond acceptors (Lipinski definition) is 5. The number of para-hydroxylation sites is 1. The summed E-state index contributed by atoms with van der Waals surface area (Å²) in [6.45, 7) is -2.12. The zero-order chi connectivity index (χ0) is 27.7. The van der Waals surface area contributed by atoms with Crippen LogP contribution in [0, 0.1) is 5.92 Å². The van der Waals surface area contributed by atoms with E-state index in [2.05, 4.69) is 10.3 Å². The molecule has 202 valence electrons. The molecule has 2 aliphatic rings. The van der Waals surface area contributed by atoms with Crippen LogP contribution < -0.4 is 15.0 Å². The number of amides is 2. The van der Waals surface area contributed by atoms with Crippen LogP contribution in [-0.2, 0) is 14.4 Å². The number of nitrogens with one attached hydrogen (secondary N) is 1. The van der Waals surface area contributed by atoms with E-state index in [0.717, 1.165) is 4.90 Å². The number of carbonyl (C=O) groups excluding carboxylic acids is 2. The lowest BCUT2D eigenvalue weighted by molar-refractivity contribution is -0.148. The van der Waals surface area contributed by atoms with Crippen LogP contribution in [0.4, 0.5) is 27.6 Å². The molecule has 2 heterocycles. The fourth-order valence-electron chi connectivity index (χ4n) is 4.28. The summed E-state index contributed by atoms with van der Waals surface area (Å²) in [5.74, 6) is -8.90. The molecule has 2 amide bonds. The third kappa shape index (κ3) is 6.09. The summed E-state index contributed by atoms with van der Waals surface area (Å²) < 4.78 is 72.9. The van der Waals surface area contributed by atoms with E-state index in [1.54, 1.807) is 36.4 Å². The quantitative estimate of drug-likeness (QED) is 0.521. The molecule has 2 N–H and O–H groups in total. The number of hydrogen-bond donors (Lipinski definition) is 2. The Balaban J connectivity index is 1.78. The predicted octanol–water partition coefficient (Wildman–Crippen LogP) is 3.77. The number of alkyl halides is 5. The van der Waals surface area contributed by atoms with Crippen LogP contribution >= 0.6 is 0 Å². The van der Waals surface area contributed by atoms with Crippen LogP contribution in [0.2, 0.25) is 0 Å². The Labute approximate surface area is 213 Å². The van der Waals surface area contributed by atoms with Crippen LogP contribution in [0.25, 0.3) is 0 Å². The number of ether oxygens (including phenoxy) is 1. The Morgan fingerprint density at radius 3 is 2.53 bits per heavy atom. The SMILES string of the molecule is O=C(O)CC(CCC(F)(F)F)C(=O)NC1N=C(c2ccccc2)c2cccc3c2N(CC(F)(F)CO3)C1=O. The molecule has 2 aromatic rings. The van der Waals surface area contributed by atoms with Gasteiger partial charge in [0, 0.05) is 23.5 Å². The lowest BCUT2D eigenvalue weighted by Crippen LogP contribution is -2.51. The highest BCUT2D eigenvalue weighted by atomic mass is 19.4. The Bertz CT molecular complexity index is 1270. The molecule has 0 fully saturated rings. The summed E-state index contributed by atoms with van der Waals surface area (Å²) >= 11 is 0. The second-order valence-corrected chi connectivity index (χ2v) is 8.92. The molecular weight excluding hydrogens is 517 g/mol. The molecule has 13 heteroatoms. The van der Waals surface area contributed by atoms with Crippen LogP contribution in [-0.4, -0.2) is 60.0 Å². The average molecular weight is 539 g/mol. The molecule has 0 saturated heterocycles. The molecule has 2 aliphatic heterocycles. The highest BCUT2D eigenvalue weighted by molar-refractivity contribution is 6.21. The second kappa shape index (κ2) is 10.4. The number of nitrogens with zero attached hydrogens (tertiary/aromatic N) is 2. The molecule has 0 spiro atoms. The van der Waals surface area contributed by atoms with Gasteiger partial charge in [0.2, 0.25) is 12.1 Å². The second-order valence-electron chi connectivity index (χ2n) is 8.92. The number of carbonyl (C=O) groups is 3. The first kappa shape index (κ1) is 27.0. The number of anilines is 1. The highest BCUT2D eigenvalue weighted by Gasteiger charge is 2.44. The van der Waals surface area contributed by atoms with Gasteiger partial charge in [0.05, 0.1) is 24.4 Å². The van der Waals surface area contributed by atoms with Crippen molar-refractivity contribution in [2.45, 2.75) is 37.5 Å². The Morgan fingerprint density at radius 2 is 1.87 bits per heavy atom. The molecule has 2 atom stereocenters.